The topological polar surface area (TPSA) is 44.9 Å². The van der Waals surface area contributed by atoms with Crippen LogP contribution in [-0.2, 0) is 6.42 Å². The fourth-order valence-electron chi connectivity index (χ4n) is 2.65. The molecule has 1 unspecified atom stereocenters. The summed E-state index contributed by atoms with van der Waals surface area (Å²) in [4.78, 5) is 14.3. The number of hydrogen-bond donors (Lipinski definition) is 2. The van der Waals surface area contributed by atoms with Gasteiger partial charge in [0, 0.05) is 16.2 Å². The highest BCUT2D eigenvalue weighted by atomic mass is 79.9. The van der Waals surface area contributed by atoms with Gasteiger partial charge in [0.25, 0.3) is 0 Å². The number of fused-ring (bicyclic) bond motifs is 1. The molecule has 0 fully saturated rings. The second kappa shape index (κ2) is 5.40. The van der Waals surface area contributed by atoms with Crippen molar-refractivity contribution in [2.75, 3.05) is 5.32 Å². The van der Waals surface area contributed by atoms with Crippen LogP contribution in [0.2, 0.25) is 0 Å². The molecular formula is C15H14BrFN2O. The third kappa shape index (κ3) is 2.63. The number of rotatable bonds is 2. The van der Waals surface area contributed by atoms with Crippen molar-refractivity contribution in [3.8, 4) is 0 Å². The SMILES string of the molecule is O=c1ccc2c([nH]1)CCCC2Nc1cc(F)ccc1Br. The first-order valence-electron chi connectivity index (χ1n) is 6.57. The van der Waals surface area contributed by atoms with Gasteiger partial charge < -0.3 is 10.3 Å². The van der Waals surface area contributed by atoms with Gasteiger partial charge in [-0.3, -0.25) is 4.79 Å². The van der Waals surface area contributed by atoms with Crippen LogP contribution in [-0.4, -0.2) is 4.98 Å². The van der Waals surface area contributed by atoms with E-state index in [0.29, 0.717) is 0 Å². The van der Waals surface area contributed by atoms with Crippen LogP contribution in [0.5, 0.6) is 0 Å². The summed E-state index contributed by atoms with van der Waals surface area (Å²) >= 11 is 3.42. The normalized spacial score (nSPS) is 17.6. The fourth-order valence-corrected chi connectivity index (χ4v) is 3.01. The van der Waals surface area contributed by atoms with Gasteiger partial charge in [-0.05, 0) is 65.0 Å². The Morgan fingerprint density at radius 2 is 2.15 bits per heavy atom. The number of halogens is 2. The molecule has 104 valence electrons. The van der Waals surface area contributed by atoms with Crippen LogP contribution in [0.4, 0.5) is 10.1 Å². The molecule has 0 amide bonds. The third-order valence-corrected chi connectivity index (χ3v) is 4.28. The molecule has 1 aliphatic carbocycles. The average Bonchev–Trinajstić information content (AvgIpc) is 2.43. The monoisotopic (exact) mass is 336 g/mol. The van der Waals surface area contributed by atoms with Crippen molar-refractivity contribution < 1.29 is 4.39 Å². The maximum absolute atomic E-state index is 13.3. The van der Waals surface area contributed by atoms with Gasteiger partial charge in [0.05, 0.1) is 11.7 Å². The Morgan fingerprint density at radius 1 is 1.30 bits per heavy atom. The number of hydrogen-bond acceptors (Lipinski definition) is 2. The first-order chi connectivity index (χ1) is 9.63. The minimum atomic E-state index is -0.270. The van der Waals surface area contributed by atoms with Crippen LogP contribution in [0.15, 0.2) is 39.6 Å². The predicted octanol–water partition coefficient (Wildman–Crippen LogP) is 3.77. The molecule has 5 heteroatoms. The predicted molar refractivity (Wildman–Crippen MR) is 80.5 cm³/mol. The fraction of sp³-hybridized carbons (Fsp3) is 0.267. The number of aromatic amines is 1. The molecule has 3 rings (SSSR count). The molecular weight excluding hydrogens is 323 g/mol. The maximum Gasteiger partial charge on any atom is 0.248 e. The van der Waals surface area contributed by atoms with Gasteiger partial charge >= 0.3 is 0 Å². The average molecular weight is 337 g/mol. The number of aromatic nitrogens is 1. The smallest absolute Gasteiger partial charge is 0.248 e. The molecule has 1 atom stereocenters. The van der Waals surface area contributed by atoms with Crippen LogP contribution in [0.1, 0.15) is 30.1 Å². The molecule has 1 aliphatic rings. The summed E-state index contributed by atoms with van der Waals surface area (Å²) in [6.45, 7) is 0. The summed E-state index contributed by atoms with van der Waals surface area (Å²) < 4.78 is 14.2. The molecule has 1 heterocycles. The van der Waals surface area contributed by atoms with Crippen LogP contribution in [0, 0.1) is 5.82 Å². The molecule has 1 aromatic heterocycles. The van der Waals surface area contributed by atoms with Crippen LogP contribution in [0.25, 0.3) is 0 Å². The number of aryl methyl sites for hydroxylation is 1. The lowest BCUT2D eigenvalue weighted by Gasteiger charge is -2.27. The lowest BCUT2D eigenvalue weighted by atomic mass is 9.91. The summed E-state index contributed by atoms with van der Waals surface area (Å²) in [7, 11) is 0. The van der Waals surface area contributed by atoms with E-state index >= 15 is 0 Å². The van der Waals surface area contributed by atoms with E-state index in [-0.39, 0.29) is 17.4 Å². The van der Waals surface area contributed by atoms with Gasteiger partial charge in [0.1, 0.15) is 5.82 Å². The Bertz CT molecular complexity index is 699. The Labute approximate surface area is 124 Å². The summed E-state index contributed by atoms with van der Waals surface area (Å²) in [5, 5.41) is 3.36. The molecule has 3 nitrogen and oxygen atoms in total. The number of pyridine rings is 1. The zero-order valence-electron chi connectivity index (χ0n) is 10.7. The van der Waals surface area contributed by atoms with E-state index in [0.717, 1.165) is 40.7 Å². The van der Waals surface area contributed by atoms with Crippen molar-refractivity contribution in [2.45, 2.75) is 25.3 Å². The highest BCUT2D eigenvalue weighted by Crippen LogP contribution is 2.33. The standard InChI is InChI=1S/C15H14BrFN2O/c16-11-6-4-9(17)8-14(11)18-12-2-1-3-13-10(12)5-7-15(20)19-13/h4-8,12,18H,1-3H2,(H,19,20). The van der Waals surface area contributed by atoms with Crippen LogP contribution in [0.3, 0.4) is 0 Å². The number of nitrogens with one attached hydrogen (secondary N) is 2. The highest BCUT2D eigenvalue weighted by molar-refractivity contribution is 9.10. The summed E-state index contributed by atoms with van der Waals surface area (Å²) in [6, 6.07) is 8.08. The van der Waals surface area contributed by atoms with Crippen molar-refractivity contribution in [1.29, 1.82) is 0 Å². The Hall–Kier alpha value is -1.62. The quantitative estimate of drug-likeness (QED) is 0.876. The zero-order valence-corrected chi connectivity index (χ0v) is 12.3. The van der Waals surface area contributed by atoms with Gasteiger partial charge in [-0.1, -0.05) is 0 Å². The van der Waals surface area contributed by atoms with Crippen molar-refractivity contribution in [3.63, 3.8) is 0 Å². The first-order valence-corrected chi connectivity index (χ1v) is 7.36. The Morgan fingerprint density at radius 3 is 3.00 bits per heavy atom. The molecule has 20 heavy (non-hydrogen) atoms. The van der Waals surface area contributed by atoms with Gasteiger partial charge in [0.15, 0.2) is 0 Å². The summed E-state index contributed by atoms with van der Waals surface area (Å²) in [5.74, 6) is -0.270. The van der Waals surface area contributed by atoms with Crippen molar-refractivity contribution in [2.24, 2.45) is 0 Å². The van der Waals surface area contributed by atoms with Gasteiger partial charge in [0.2, 0.25) is 5.56 Å². The molecule has 0 saturated heterocycles. The van der Waals surface area contributed by atoms with Crippen molar-refractivity contribution in [3.05, 3.63) is 62.2 Å². The van der Waals surface area contributed by atoms with Crippen LogP contribution < -0.4 is 10.9 Å². The second-order valence-corrected chi connectivity index (χ2v) is 5.82. The molecule has 0 bridgehead atoms. The number of anilines is 1. The van der Waals surface area contributed by atoms with Crippen molar-refractivity contribution in [1.82, 2.24) is 4.98 Å². The Balaban J connectivity index is 1.93. The van der Waals surface area contributed by atoms with Gasteiger partial charge in [-0.25, -0.2) is 4.39 Å². The lowest BCUT2D eigenvalue weighted by molar-refractivity contribution is 0.585. The maximum atomic E-state index is 13.3. The van der Waals surface area contributed by atoms with E-state index in [1.807, 2.05) is 6.07 Å². The van der Waals surface area contributed by atoms with Gasteiger partial charge in [-0.15, -0.1) is 0 Å². The Kier molecular flexibility index (Phi) is 3.61. The molecule has 1 aromatic carbocycles. The highest BCUT2D eigenvalue weighted by Gasteiger charge is 2.21. The summed E-state index contributed by atoms with van der Waals surface area (Å²) in [5.41, 5.74) is 2.73. The number of H-pyrrole nitrogens is 1. The number of benzene rings is 1. The van der Waals surface area contributed by atoms with Gasteiger partial charge in [-0.2, -0.15) is 0 Å². The van der Waals surface area contributed by atoms with Crippen molar-refractivity contribution >= 4 is 21.6 Å². The minimum absolute atomic E-state index is 0.0728. The van der Waals surface area contributed by atoms with E-state index < -0.39 is 0 Å². The van der Waals surface area contributed by atoms with Crippen LogP contribution >= 0.6 is 15.9 Å². The second-order valence-electron chi connectivity index (χ2n) is 4.97. The largest absolute Gasteiger partial charge is 0.377 e. The van der Waals surface area contributed by atoms with E-state index in [9.17, 15) is 9.18 Å². The molecule has 2 N–H and O–H groups in total. The molecule has 2 aromatic rings. The van der Waals surface area contributed by atoms with E-state index in [1.54, 1.807) is 12.1 Å². The lowest BCUT2D eigenvalue weighted by Crippen LogP contribution is -2.21. The molecule has 0 saturated carbocycles. The third-order valence-electron chi connectivity index (χ3n) is 3.59. The van der Waals surface area contributed by atoms with E-state index in [1.165, 1.54) is 12.1 Å². The van der Waals surface area contributed by atoms with E-state index in [4.69, 9.17) is 0 Å². The molecule has 0 radical (unpaired) electrons. The first kappa shape index (κ1) is 13.4. The molecule has 0 spiro atoms. The van der Waals surface area contributed by atoms with E-state index in [2.05, 4.69) is 26.2 Å². The molecule has 0 aliphatic heterocycles. The summed E-state index contributed by atoms with van der Waals surface area (Å²) in [6.07, 6.45) is 2.84. The minimum Gasteiger partial charge on any atom is -0.377 e. The zero-order chi connectivity index (χ0) is 14.1.